The monoisotopic (exact) mass is 567 g/mol. The summed E-state index contributed by atoms with van der Waals surface area (Å²) in [5.41, 5.74) is 0.921. The van der Waals surface area contributed by atoms with E-state index in [0.29, 0.717) is 17.9 Å². The van der Waals surface area contributed by atoms with E-state index in [1.807, 2.05) is 25.7 Å². The summed E-state index contributed by atoms with van der Waals surface area (Å²) in [5.74, 6) is 4.81. The van der Waals surface area contributed by atoms with Crippen LogP contribution >= 0.6 is 0 Å². The normalized spacial score (nSPS) is 34.5. The van der Waals surface area contributed by atoms with Gasteiger partial charge in [0.1, 0.15) is 17.0 Å². The molecule has 6 aliphatic rings. The Kier molecular flexibility index (Phi) is 8.89. The number of benzene rings is 1. The molecule has 41 heavy (non-hydrogen) atoms. The van der Waals surface area contributed by atoms with Gasteiger partial charge in [-0.05, 0) is 158 Å². The third-order valence-electron chi connectivity index (χ3n) is 10.9. The summed E-state index contributed by atoms with van der Waals surface area (Å²) in [6.07, 6.45) is 17.0. The molecule has 1 aromatic rings. The SMILES string of the molecule is CC(C)(C)OC(=O)N1CCC(CCOc2ccc([C@H]3CC[C@]4(CCC5CC6CC(C5)CC(C6)OO4)CC3)cc2)CC1. The third kappa shape index (κ3) is 7.60. The van der Waals surface area contributed by atoms with Crippen LogP contribution in [0.25, 0.3) is 0 Å². The van der Waals surface area contributed by atoms with E-state index in [9.17, 15) is 4.79 Å². The lowest BCUT2D eigenvalue weighted by Crippen LogP contribution is -2.43. The van der Waals surface area contributed by atoms with Crippen molar-refractivity contribution < 1.29 is 24.0 Å². The summed E-state index contributed by atoms with van der Waals surface area (Å²) in [6.45, 7) is 8.03. The Labute approximate surface area is 247 Å². The average Bonchev–Trinajstić information content (AvgIpc) is 2.95. The molecule has 3 aliphatic carbocycles. The van der Waals surface area contributed by atoms with E-state index in [2.05, 4.69) is 24.3 Å². The van der Waals surface area contributed by atoms with Crippen molar-refractivity contribution in [2.24, 2.45) is 23.7 Å². The second-order valence-electron chi connectivity index (χ2n) is 15.2. The Hall–Kier alpha value is -1.79. The molecule has 3 aliphatic heterocycles. The average molecular weight is 568 g/mol. The molecule has 7 rings (SSSR count). The van der Waals surface area contributed by atoms with Crippen LogP contribution in [0.1, 0.15) is 122 Å². The highest BCUT2D eigenvalue weighted by molar-refractivity contribution is 5.68. The molecule has 0 aromatic heterocycles. The van der Waals surface area contributed by atoms with Crippen molar-refractivity contribution in [1.29, 1.82) is 0 Å². The lowest BCUT2D eigenvalue weighted by molar-refractivity contribution is -0.400. The zero-order valence-electron chi connectivity index (χ0n) is 25.8. The highest BCUT2D eigenvalue weighted by atomic mass is 17.2. The van der Waals surface area contributed by atoms with Crippen LogP contribution in [0.15, 0.2) is 24.3 Å². The van der Waals surface area contributed by atoms with Crippen molar-refractivity contribution in [2.75, 3.05) is 19.7 Å². The molecule has 6 heteroatoms. The van der Waals surface area contributed by atoms with E-state index >= 15 is 0 Å². The lowest BCUT2D eigenvalue weighted by Gasteiger charge is -2.47. The summed E-state index contributed by atoms with van der Waals surface area (Å²) in [4.78, 5) is 26.8. The molecule has 0 radical (unpaired) electrons. The van der Waals surface area contributed by atoms with Crippen LogP contribution in [0, 0.1) is 23.7 Å². The summed E-state index contributed by atoms with van der Waals surface area (Å²) in [5, 5.41) is 0. The summed E-state index contributed by atoms with van der Waals surface area (Å²) in [7, 11) is 0. The largest absolute Gasteiger partial charge is 0.494 e. The van der Waals surface area contributed by atoms with Crippen LogP contribution in [-0.2, 0) is 14.5 Å². The first kappa shape index (κ1) is 29.3. The first-order chi connectivity index (χ1) is 19.7. The molecule has 2 unspecified atom stereocenters. The van der Waals surface area contributed by atoms with Crippen molar-refractivity contribution in [2.45, 2.75) is 134 Å². The molecule has 2 atom stereocenters. The Morgan fingerprint density at radius 3 is 2.17 bits per heavy atom. The number of amides is 1. The minimum Gasteiger partial charge on any atom is -0.494 e. The molecule has 3 saturated heterocycles. The van der Waals surface area contributed by atoms with Crippen LogP contribution in [0.5, 0.6) is 5.75 Å². The summed E-state index contributed by atoms with van der Waals surface area (Å²) < 4.78 is 11.7. The molecule has 3 heterocycles. The highest BCUT2D eigenvalue weighted by Crippen LogP contribution is 2.50. The first-order valence-electron chi connectivity index (χ1n) is 16.8. The predicted octanol–water partition coefficient (Wildman–Crippen LogP) is 8.44. The van der Waals surface area contributed by atoms with E-state index in [1.165, 1.54) is 63.4 Å². The first-order valence-corrected chi connectivity index (χ1v) is 16.8. The minimum absolute atomic E-state index is 0.0715. The summed E-state index contributed by atoms with van der Waals surface area (Å²) in [6, 6.07) is 8.86. The molecule has 6 nitrogen and oxygen atoms in total. The maximum absolute atomic E-state index is 12.3. The fraction of sp³-hybridized carbons (Fsp3) is 0.800. The van der Waals surface area contributed by atoms with Crippen LogP contribution in [0.3, 0.4) is 0 Å². The van der Waals surface area contributed by atoms with Crippen molar-refractivity contribution in [1.82, 2.24) is 4.90 Å². The van der Waals surface area contributed by atoms with Gasteiger partial charge in [0.2, 0.25) is 0 Å². The van der Waals surface area contributed by atoms with Crippen LogP contribution in [0.2, 0.25) is 0 Å². The molecule has 1 amide bonds. The number of ether oxygens (including phenoxy) is 2. The number of fused-ring (bicyclic) bond motifs is 2. The Balaban J connectivity index is 0.925. The molecule has 0 N–H and O–H groups in total. The van der Waals surface area contributed by atoms with E-state index in [0.717, 1.165) is 75.3 Å². The van der Waals surface area contributed by atoms with Crippen LogP contribution < -0.4 is 4.74 Å². The maximum Gasteiger partial charge on any atom is 0.410 e. The van der Waals surface area contributed by atoms with E-state index in [1.54, 1.807) is 0 Å². The van der Waals surface area contributed by atoms with Crippen molar-refractivity contribution >= 4 is 6.09 Å². The van der Waals surface area contributed by atoms with E-state index < -0.39 is 5.60 Å². The van der Waals surface area contributed by atoms with Gasteiger partial charge in [-0.3, -0.25) is 0 Å². The predicted molar refractivity (Wildman–Crippen MR) is 160 cm³/mol. The van der Waals surface area contributed by atoms with Gasteiger partial charge >= 0.3 is 6.09 Å². The van der Waals surface area contributed by atoms with Gasteiger partial charge in [-0.1, -0.05) is 12.1 Å². The van der Waals surface area contributed by atoms with Gasteiger partial charge in [0.25, 0.3) is 0 Å². The fourth-order valence-electron chi connectivity index (χ4n) is 8.64. The third-order valence-corrected chi connectivity index (χ3v) is 10.9. The number of carbonyl (C=O) groups is 1. The van der Waals surface area contributed by atoms with Gasteiger partial charge in [0, 0.05) is 13.1 Å². The second kappa shape index (κ2) is 12.4. The molecule has 4 bridgehead atoms. The van der Waals surface area contributed by atoms with E-state index in [-0.39, 0.29) is 11.7 Å². The number of nitrogens with zero attached hydrogens (tertiary/aromatic N) is 1. The van der Waals surface area contributed by atoms with Gasteiger partial charge in [-0.25, -0.2) is 14.6 Å². The second-order valence-corrected chi connectivity index (χ2v) is 15.2. The van der Waals surface area contributed by atoms with Gasteiger partial charge in [-0.2, -0.15) is 0 Å². The Bertz CT molecular complexity index is 966. The van der Waals surface area contributed by atoms with Gasteiger partial charge in [0.15, 0.2) is 0 Å². The lowest BCUT2D eigenvalue weighted by atomic mass is 9.65. The number of piperidine rings is 1. The molecular weight excluding hydrogens is 514 g/mol. The molecule has 6 fully saturated rings. The Morgan fingerprint density at radius 1 is 0.878 bits per heavy atom. The smallest absolute Gasteiger partial charge is 0.410 e. The zero-order chi connectivity index (χ0) is 28.5. The maximum atomic E-state index is 12.3. The van der Waals surface area contributed by atoms with Crippen molar-refractivity contribution in [3.8, 4) is 5.75 Å². The van der Waals surface area contributed by atoms with Gasteiger partial charge in [0.05, 0.1) is 12.7 Å². The Morgan fingerprint density at radius 2 is 1.51 bits per heavy atom. The van der Waals surface area contributed by atoms with Crippen molar-refractivity contribution in [3.05, 3.63) is 29.8 Å². The molecule has 3 saturated carbocycles. The topological polar surface area (TPSA) is 57.2 Å². The number of rotatable bonds is 5. The number of hydrogen-bond donors (Lipinski definition) is 0. The van der Waals surface area contributed by atoms with Crippen molar-refractivity contribution in [3.63, 3.8) is 0 Å². The van der Waals surface area contributed by atoms with Gasteiger partial charge in [-0.15, -0.1) is 0 Å². The molecular formula is C35H53NO5. The zero-order valence-corrected chi connectivity index (χ0v) is 25.8. The molecule has 1 spiro atoms. The number of carbonyl (C=O) groups excluding carboxylic acids is 1. The number of hydrogen-bond acceptors (Lipinski definition) is 5. The number of likely N-dealkylation sites (tertiary alicyclic amines) is 1. The van der Waals surface area contributed by atoms with E-state index in [4.69, 9.17) is 19.2 Å². The quantitative estimate of drug-likeness (QED) is 0.334. The summed E-state index contributed by atoms with van der Waals surface area (Å²) >= 11 is 0. The molecule has 1 aromatic carbocycles. The molecule has 228 valence electrons. The fourth-order valence-corrected chi connectivity index (χ4v) is 8.64. The van der Waals surface area contributed by atoms with Gasteiger partial charge < -0.3 is 14.4 Å². The standard InChI is InChI=1S/C35H53NO5/c1-34(2,3)39-33(37)36-17-11-25(12-18-36)13-19-38-31-6-4-29(5-7-31)30-9-15-35(16-10-30)14-8-26-20-27-22-28(21-26)24-32(23-27)40-41-35/h4-7,25-28,30,32H,8-24H2,1-3H3/t26?,27?,28?,30-,32?,35+. The van der Waals surface area contributed by atoms with Crippen LogP contribution in [0.4, 0.5) is 4.79 Å². The highest BCUT2D eigenvalue weighted by Gasteiger charge is 2.44. The minimum atomic E-state index is -0.438. The van der Waals surface area contributed by atoms with Crippen LogP contribution in [-0.4, -0.2) is 48.0 Å².